The van der Waals surface area contributed by atoms with Crippen LogP contribution in [0.4, 0.5) is 0 Å². The summed E-state index contributed by atoms with van der Waals surface area (Å²) in [5.41, 5.74) is 1.37. The highest BCUT2D eigenvalue weighted by Crippen LogP contribution is 2.21. The van der Waals surface area contributed by atoms with Gasteiger partial charge in [-0.3, -0.25) is 0 Å². The number of fused-ring (bicyclic) bond motifs is 1. The molecule has 56 valence electrons. The molecule has 1 aromatic heterocycles. The first-order valence-corrected chi connectivity index (χ1v) is 3.95. The fourth-order valence-corrected chi connectivity index (χ4v) is 1.39. The predicted molar refractivity (Wildman–Crippen MR) is 48.6 cm³/mol. The summed E-state index contributed by atoms with van der Waals surface area (Å²) < 4.78 is 1.59. The predicted octanol–water partition coefficient (Wildman–Crippen LogP) is 1.33. The van der Waals surface area contributed by atoms with Gasteiger partial charge in [0, 0.05) is 0 Å². The van der Waals surface area contributed by atoms with Gasteiger partial charge in [0.15, 0.2) is 5.52 Å². The number of hydrogen-bond acceptors (Lipinski definition) is 3. The van der Waals surface area contributed by atoms with E-state index in [1.165, 1.54) is 0 Å². The van der Waals surface area contributed by atoms with E-state index in [-0.39, 0.29) is 5.75 Å². The molecule has 2 rings (SSSR count). The van der Waals surface area contributed by atoms with E-state index in [2.05, 4.69) is 10.3 Å². The second-order valence-corrected chi connectivity index (χ2v) is 3.01. The Morgan fingerprint density at radius 1 is 1.45 bits per heavy atom. The Morgan fingerprint density at radius 2 is 2.27 bits per heavy atom. The minimum atomic E-state index is 0.172. The summed E-state index contributed by atoms with van der Waals surface area (Å²) in [6, 6.07) is 5.20. The standard InChI is InChI=1S/C6H4IN3O/c7-10-4-2-1-3-5(11)6(4)8-9-10/h1-3,11H. The lowest BCUT2D eigenvalue weighted by molar-refractivity contribution is 0.480. The van der Waals surface area contributed by atoms with Gasteiger partial charge in [0.05, 0.1) is 22.9 Å². The van der Waals surface area contributed by atoms with E-state index in [0.717, 1.165) is 5.52 Å². The molecular formula is C6H4IN3O. The van der Waals surface area contributed by atoms with Gasteiger partial charge in [-0.1, -0.05) is 11.3 Å². The number of phenols is 1. The summed E-state index contributed by atoms with van der Waals surface area (Å²) in [7, 11) is 0. The van der Waals surface area contributed by atoms with Crippen LogP contribution in [0, 0.1) is 0 Å². The Kier molecular flexibility index (Phi) is 1.45. The van der Waals surface area contributed by atoms with Gasteiger partial charge in [0.25, 0.3) is 0 Å². The first kappa shape index (κ1) is 6.84. The van der Waals surface area contributed by atoms with Crippen molar-refractivity contribution < 1.29 is 5.11 Å². The van der Waals surface area contributed by atoms with Gasteiger partial charge in [0.1, 0.15) is 11.3 Å². The monoisotopic (exact) mass is 261 g/mol. The lowest BCUT2D eigenvalue weighted by Crippen LogP contribution is -1.78. The molecule has 0 bridgehead atoms. The normalized spacial score (nSPS) is 10.6. The molecule has 0 unspecified atom stereocenters. The van der Waals surface area contributed by atoms with Crippen LogP contribution in [0.3, 0.4) is 0 Å². The van der Waals surface area contributed by atoms with Crippen molar-refractivity contribution in [1.29, 1.82) is 0 Å². The molecule has 0 atom stereocenters. The van der Waals surface area contributed by atoms with E-state index in [1.54, 1.807) is 15.0 Å². The smallest absolute Gasteiger partial charge is 0.155 e. The van der Waals surface area contributed by atoms with E-state index >= 15 is 0 Å². The second-order valence-electron chi connectivity index (χ2n) is 2.09. The van der Waals surface area contributed by atoms with Crippen molar-refractivity contribution in [3.8, 4) is 5.75 Å². The molecule has 0 amide bonds. The van der Waals surface area contributed by atoms with Gasteiger partial charge in [-0.2, -0.15) is 2.90 Å². The molecule has 5 heteroatoms. The number of halogens is 1. The maximum absolute atomic E-state index is 9.27. The van der Waals surface area contributed by atoms with E-state index < -0.39 is 0 Å². The number of hydrogen-bond donors (Lipinski definition) is 1. The Labute approximate surface area is 76.3 Å². The van der Waals surface area contributed by atoms with E-state index in [1.807, 2.05) is 28.9 Å². The Bertz CT molecular complexity index is 398. The van der Waals surface area contributed by atoms with Crippen LogP contribution in [-0.2, 0) is 0 Å². The van der Waals surface area contributed by atoms with Crippen molar-refractivity contribution in [3.63, 3.8) is 0 Å². The summed E-state index contributed by atoms with van der Waals surface area (Å²) in [6.45, 7) is 0. The third-order valence-corrected chi connectivity index (χ3v) is 2.13. The van der Waals surface area contributed by atoms with Gasteiger partial charge in [-0.05, 0) is 12.1 Å². The fraction of sp³-hybridized carbons (Fsp3) is 0. The molecule has 0 aliphatic heterocycles. The van der Waals surface area contributed by atoms with E-state index in [4.69, 9.17) is 0 Å². The molecule has 0 radical (unpaired) electrons. The second kappa shape index (κ2) is 2.33. The van der Waals surface area contributed by atoms with Crippen LogP contribution >= 0.6 is 22.9 Å². The zero-order valence-corrected chi connectivity index (χ0v) is 7.56. The topological polar surface area (TPSA) is 50.9 Å². The third kappa shape index (κ3) is 0.953. The van der Waals surface area contributed by atoms with Crippen LogP contribution < -0.4 is 0 Å². The maximum atomic E-state index is 9.27. The van der Waals surface area contributed by atoms with Crippen LogP contribution in [-0.4, -0.2) is 18.3 Å². The number of benzene rings is 1. The molecule has 1 aromatic carbocycles. The zero-order valence-electron chi connectivity index (χ0n) is 5.40. The van der Waals surface area contributed by atoms with Crippen LogP contribution in [0.1, 0.15) is 0 Å². The van der Waals surface area contributed by atoms with Gasteiger partial charge in [-0.25, -0.2) is 0 Å². The molecule has 11 heavy (non-hydrogen) atoms. The zero-order chi connectivity index (χ0) is 7.84. The number of rotatable bonds is 0. The van der Waals surface area contributed by atoms with E-state index in [0.29, 0.717) is 5.52 Å². The summed E-state index contributed by atoms with van der Waals surface area (Å²) >= 11 is 2.00. The Morgan fingerprint density at radius 3 is 3.00 bits per heavy atom. The number of aromatic hydroxyl groups is 1. The first-order chi connectivity index (χ1) is 5.29. The van der Waals surface area contributed by atoms with Gasteiger partial charge >= 0.3 is 0 Å². The largest absolute Gasteiger partial charge is 0.506 e. The highest BCUT2D eigenvalue weighted by molar-refractivity contribution is 14.1. The van der Waals surface area contributed by atoms with Gasteiger partial charge < -0.3 is 5.11 Å². The number of aromatic nitrogens is 3. The van der Waals surface area contributed by atoms with Crippen LogP contribution in [0.2, 0.25) is 0 Å². The van der Waals surface area contributed by atoms with Gasteiger partial charge in [0.2, 0.25) is 0 Å². The summed E-state index contributed by atoms with van der Waals surface area (Å²) in [4.78, 5) is 0. The molecule has 1 N–H and O–H groups in total. The van der Waals surface area contributed by atoms with Gasteiger partial charge in [-0.15, -0.1) is 5.10 Å². The molecule has 4 nitrogen and oxygen atoms in total. The molecule has 0 aliphatic carbocycles. The van der Waals surface area contributed by atoms with Crippen LogP contribution in [0.5, 0.6) is 5.75 Å². The molecule has 0 spiro atoms. The summed E-state index contributed by atoms with van der Waals surface area (Å²) in [6.07, 6.45) is 0. The van der Waals surface area contributed by atoms with Crippen LogP contribution in [0.25, 0.3) is 11.0 Å². The van der Waals surface area contributed by atoms with Crippen molar-refractivity contribution in [2.45, 2.75) is 0 Å². The quantitative estimate of drug-likeness (QED) is 0.728. The molecular weight excluding hydrogens is 257 g/mol. The number of phenolic OH excluding ortho intramolecular Hbond substituents is 1. The average molecular weight is 261 g/mol. The molecule has 1 heterocycles. The SMILES string of the molecule is Oc1cccc2c1nnn2I. The Balaban J connectivity index is 2.94. The average Bonchev–Trinajstić information content (AvgIpc) is 2.35. The molecule has 0 saturated heterocycles. The van der Waals surface area contributed by atoms with Crippen molar-refractivity contribution in [1.82, 2.24) is 13.2 Å². The third-order valence-electron chi connectivity index (χ3n) is 1.42. The molecule has 2 aromatic rings. The fourth-order valence-electron chi connectivity index (χ4n) is 0.903. The summed E-state index contributed by atoms with van der Waals surface area (Å²) in [5, 5.41) is 16.8. The minimum absolute atomic E-state index is 0.172. The number of nitrogens with zero attached hydrogens (tertiary/aromatic N) is 3. The molecule has 0 fully saturated rings. The van der Waals surface area contributed by atoms with Crippen molar-refractivity contribution in [2.24, 2.45) is 0 Å². The first-order valence-electron chi connectivity index (χ1n) is 2.98. The lowest BCUT2D eigenvalue weighted by atomic mass is 10.3. The van der Waals surface area contributed by atoms with Crippen molar-refractivity contribution in [2.75, 3.05) is 0 Å². The van der Waals surface area contributed by atoms with Crippen molar-refractivity contribution in [3.05, 3.63) is 18.2 Å². The van der Waals surface area contributed by atoms with E-state index in [9.17, 15) is 5.11 Å². The minimum Gasteiger partial charge on any atom is -0.506 e. The van der Waals surface area contributed by atoms with Crippen LogP contribution in [0.15, 0.2) is 18.2 Å². The molecule has 0 aliphatic rings. The Hall–Kier alpha value is -0.850. The summed E-state index contributed by atoms with van der Waals surface area (Å²) in [5.74, 6) is 0.172. The van der Waals surface area contributed by atoms with Crippen molar-refractivity contribution >= 4 is 33.9 Å². The maximum Gasteiger partial charge on any atom is 0.155 e. The highest BCUT2D eigenvalue weighted by Gasteiger charge is 2.04. The lowest BCUT2D eigenvalue weighted by Gasteiger charge is -1.90. The highest BCUT2D eigenvalue weighted by atomic mass is 127. The molecule has 0 saturated carbocycles.